The number of carbonyl (C=O) groups is 2. The largest absolute Gasteiger partial charge is 0.376 e. The van der Waals surface area contributed by atoms with E-state index in [9.17, 15) is 14.0 Å². The Labute approximate surface area is 158 Å². The first-order valence-electron chi connectivity index (χ1n) is 8.91. The Balaban J connectivity index is 1.45. The lowest BCUT2D eigenvalue weighted by molar-refractivity contribution is -0.129. The van der Waals surface area contributed by atoms with Crippen LogP contribution in [-0.4, -0.2) is 49.4 Å². The Morgan fingerprint density at radius 2 is 1.52 bits per heavy atom. The van der Waals surface area contributed by atoms with Crippen LogP contribution in [-0.2, 0) is 9.59 Å². The predicted molar refractivity (Wildman–Crippen MR) is 104 cm³/mol. The molecule has 1 fully saturated rings. The van der Waals surface area contributed by atoms with E-state index in [1.54, 1.807) is 24.3 Å². The van der Waals surface area contributed by atoms with Crippen molar-refractivity contribution >= 4 is 28.9 Å². The molecule has 0 aromatic heterocycles. The fourth-order valence-corrected chi connectivity index (χ4v) is 3.03. The highest BCUT2D eigenvalue weighted by Crippen LogP contribution is 2.17. The monoisotopic (exact) mass is 370 g/mol. The zero-order chi connectivity index (χ0) is 19.2. The molecule has 1 heterocycles. The molecule has 0 radical (unpaired) electrons. The highest BCUT2D eigenvalue weighted by molar-refractivity contribution is 5.89. The van der Waals surface area contributed by atoms with Crippen LogP contribution in [0, 0.1) is 5.82 Å². The Hall–Kier alpha value is -3.09. The number of hydrogen-bond acceptors (Lipinski definition) is 4. The molecule has 2 aromatic carbocycles. The third-order valence-electron chi connectivity index (χ3n) is 4.47. The fraction of sp³-hybridized carbons (Fsp3) is 0.300. The molecule has 0 bridgehead atoms. The third kappa shape index (κ3) is 5.20. The van der Waals surface area contributed by atoms with Crippen LogP contribution in [0.2, 0.25) is 0 Å². The second-order valence-electron chi connectivity index (χ2n) is 6.46. The summed E-state index contributed by atoms with van der Waals surface area (Å²) < 4.78 is 13.0. The van der Waals surface area contributed by atoms with E-state index < -0.39 is 0 Å². The first kappa shape index (κ1) is 18.7. The molecule has 2 N–H and O–H groups in total. The molecule has 2 aromatic rings. The summed E-state index contributed by atoms with van der Waals surface area (Å²) in [5.74, 6) is -0.325. The molecule has 7 heteroatoms. The van der Waals surface area contributed by atoms with Crippen LogP contribution in [0.25, 0.3) is 0 Å². The molecule has 0 saturated carbocycles. The van der Waals surface area contributed by atoms with E-state index in [4.69, 9.17) is 0 Å². The molecule has 0 atom stereocenters. The second kappa shape index (κ2) is 8.53. The van der Waals surface area contributed by atoms with Gasteiger partial charge in [0.25, 0.3) is 0 Å². The molecule has 27 heavy (non-hydrogen) atoms. The van der Waals surface area contributed by atoms with Crippen molar-refractivity contribution in [2.24, 2.45) is 0 Å². The van der Waals surface area contributed by atoms with Crippen LogP contribution in [0.1, 0.15) is 6.92 Å². The van der Waals surface area contributed by atoms with Crippen LogP contribution >= 0.6 is 0 Å². The van der Waals surface area contributed by atoms with Crippen molar-refractivity contribution in [1.29, 1.82) is 0 Å². The maximum absolute atomic E-state index is 13.0. The number of benzene rings is 2. The first-order valence-corrected chi connectivity index (χ1v) is 8.91. The van der Waals surface area contributed by atoms with Crippen LogP contribution in [0.3, 0.4) is 0 Å². The van der Waals surface area contributed by atoms with Crippen LogP contribution in [0.15, 0.2) is 48.5 Å². The molecule has 6 nitrogen and oxygen atoms in total. The lowest BCUT2D eigenvalue weighted by Gasteiger charge is -2.36. The van der Waals surface area contributed by atoms with Gasteiger partial charge in [-0.25, -0.2) is 4.39 Å². The number of anilines is 3. The van der Waals surface area contributed by atoms with Crippen molar-refractivity contribution in [3.8, 4) is 0 Å². The summed E-state index contributed by atoms with van der Waals surface area (Å²) in [6, 6.07) is 13.7. The average Bonchev–Trinajstić information content (AvgIpc) is 2.67. The summed E-state index contributed by atoms with van der Waals surface area (Å²) in [5.41, 5.74) is 2.51. The van der Waals surface area contributed by atoms with Crippen molar-refractivity contribution in [2.45, 2.75) is 6.92 Å². The minimum absolute atomic E-state index is 0.0414. The molecule has 0 unspecified atom stereocenters. The molecular formula is C20H23FN4O2. The van der Waals surface area contributed by atoms with E-state index in [1.807, 2.05) is 17.0 Å². The minimum atomic E-state index is -0.247. The van der Waals surface area contributed by atoms with Gasteiger partial charge in [-0.2, -0.15) is 0 Å². The summed E-state index contributed by atoms with van der Waals surface area (Å²) in [6.07, 6.45) is 0. The van der Waals surface area contributed by atoms with Gasteiger partial charge in [0.05, 0.1) is 6.54 Å². The van der Waals surface area contributed by atoms with E-state index in [0.29, 0.717) is 13.1 Å². The van der Waals surface area contributed by atoms with Crippen LogP contribution in [0.5, 0.6) is 0 Å². The Kier molecular flexibility index (Phi) is 5.90. The quantitative estimate of drug-likeness (QED) is 0.849. The molecule has 3 rings (SSSR count). The van der Waals surface area contributed by atoms with Gasteiger partial charge < -0.3 is 20.4 Å². The van der Waals surface area contributed by atoms with Gasteiger partial charge in [-0.3, -0.25) is 9.59 Å². The summed E-state index contributed by atoms with van der Waals surface area (Å²) in [4.78, 5) is 27.4. The van der Waals surface area contributed by atoms with Crippen molar-refractivity contribution in [3.05, 3.63) is 54.3 Å². The molecule has 0 spiro atoms. The lowest BCUT2D eigenvalue weighted by Crippen LogP contribution is -2.50. The summed E-state index contributed by atoms with van der Waals surface area (Å²) >= 11 is 0. The molecule has 1 aliphatic rings. The normalized spacial score (nSPS) is 14.0. The molecule has 2 amide bonds. The number of rotatable bonds is 5. The van der Waals surface area contributed by atoms with Crippen molar-refractivity contribution in [2.75, 3.05) is 48.3 Å². The predicted octanol–water partition coefficient (Wildman–Crippen LogP) is 2.54. The van der Waals surface area contributed by atoms with Gasteiger partial charge in [-0.05, 0) is 48.5 Å². The molecule has 142 valence electrons. The molecular weight excluding hydrogens is 347 g/mol. The van der Waals surface area contributed by atoms with Gasteiger partial charge >= 0.3 is 0 Å². The third-order valence-corrected chi connectivity index (χ3v) is 4.47. The first-order chi connectivity index (χ1) is 13.0. The van der Waals surface area contributed by atoms with Gasteiger partial charge in [-0.15, -0.1) is 0 Å². The van der Waals surface area contributed by atoms with Crippen LogP contribution < -0.4 is 15.5 Å². The van der Waals surface area contributed by atoms with E-state index >= 15 is 0 Å². The van der Waals surface area contributed by atoms with E-state index in [2.05, 4.69) is 15.5 Å². The standard InChI is InChI=1S/C20H23FN4O2/c1-15(26)23-18-6-4-17(5-7-18)22-14-20(27)25-12-10-24(11-13-25)19-8-2-16(21)3-9-19/h2-9,22H,10-14H2,1H3,(H,23,26). The average molecular weight is 370 g/mol. The Morgan fingerprint density at radius 1 is 0.926 bits per heavy atom. The smallest absolute Gasteiger partial charge is 0.241 e. The number of amides is 2. The number of carbonyl (C=O) groups excluding carboxylic acids is 2. The fourth-order valence-electron chi connectivity index (χ4n) is 3.03. The van der Waals surface area contributed by atoms with Gasteiger partial charge in [-0.1, -0.05) is 0 Å². The zero-order valence-electron chi connectivity index (χ0n) is 15.2. The number of nitrogens with one attached hydrogen (secondary N) is 2. The van der Waals surface area contributed by atoms with Gasteiger partial charge in [0.2, 0.25) is 11.8 Å². The zero-order valence-corrected chi connectivity index (χ0v) is 15.2. The summed E-state index contributed by atoms with van der Waals surface area (Å²) in [7, 11) is 0. The SMILES string of the molecule is CC(=O)Nc1ccc(NCC(=O)N2CCN(c3ccc(F)cc3)CC2)cc1. The number of piperazine rings is 1. The van der Waals surface area contributed by atoms with Gasteiger partial charge in [0.15, 0.2) is 0 Å². The molecule has 1 aliphatic heterocycles. The molecule has 1 saturated heterocycles. The van der Waals surface area contributed by atoms with Crippen molar-refractivity contribution in [3.63, 3.8) is 0 Å². The lowest BCUT2D eigenvalue weighted by atomic mass is 10.2. The maximum Gasteiger partial charge on any atom is 0.241 e. The summed E-state index contributed by atoms with van der Waals surface area (Å²) in [6.45, 7) is 4.40. The van der Waals surface area contributed by atoms with Crippen molar-refractivity contribution < 1.29 is 14.0 Å². The van der Waals surface area contributed by atoms with Crippen LogP contribution in [0.4, 0.5) is 21.5 Å². The Bertz CT molecular complexity index is 785. The summed E-state index contributed by atoms with van der Waals surface area (Å²) in [5, 5.41) is 5.81. The van der Waals surface area contributed by atoms with E-state index in [-0.39, 0.29) is 24.2 Å². The second-order valence-corrected chi connectivity index (χ2v) is 6.46. The Morgan fingerprint density at radius 3 is 2.11 bits per heavy atom. The number of nitrogens with zero attached hydrogens (tertiary/aromatic N) is 2. The number of hydrogen-bond donors (Lipinski definition) is 2. The maximum atomic E-state index is 13.0. The highest BCUT2D eigenvalue weighted by atomic mass is 19.1. The minimum Gasteiger partial charge on any atom is -0.376 e. The van der Waals surface area contributed by atoms with Gasteiger partial charge in [0.1, 0.15) is 5.82 Å². The topological polar surface area (TPSA) is 64.7 Å². The van der Waals surface area contributed by atoms with Crippen molar-refractivity contribution in [1.82, 2.24) is 4.90 Å². The number of halogens is 1. The van der Waals surface area contributed by atoms with Gasteiger partial charge in [0, 0.05) is 50.2 Å². The highest BCUT2D eigenvalue weighted by Gasteiger charge is 2.21. The van der Waals surface area contributed by atoms with E-state index in [0.717, 1.165) is 30.2 Å². The molecule has 0 aliphatic carbocycles. The van der Waals surface area contributed by atoms with E-state index in [1.165, 1.54) is 19.1 Å².